The topological polar surface area (TPSA) is 114 Å². The smallest absolute Gasteiger partial charge is 0.410 e. The lowest BCUT2D eigenvalue weighted by molar-refractivity contribution is -0.115. The summed E-state index contributed by atoms with van der Waals surface area (Å²) in [7, 11) is 0. The van der Waals surface area contributed by atoms with Crippen molar-refractivity contribution in [1.82, 2.24) is 4.90 Å². The van der Waals surface area contributed by atoms with Crippen LogP contribution in [0.2, 0.25) is 10.0 Å². The summed E-state index contributed by atoms with van der Waals surface area (Å²) in [4.78, 5) is 54.9. The van der Waals surface area contributed by atoms with E-state index < -0.39 is 28.8 Å². The molecule has 44 heavy (non-hydrogen) atoms. The van der Waals surface area contributed by atoms with Crippen LogP contribution in [0, 0.1) is 0 Å². The molecule has 0 fully saturated rings. The summed E-state index contributed by atoms with van der Waals surface area (Å²) in [6.45, 7) is 9.72. The Morgan fingerprint density at radius 1 is 1.09 bits per heavy atom. The highest BCUT2D eigenvalue weighted by molar-refractivity contribution is 8.00. The van der Waals surface area contributed by atoms with Gasteiger partial charge in [-0.05, 0) is 83.0 Å². The first-order valence-corrected chi connectivity index (χ1v) is 16.3. The third-order valence-electron chi connectivity index (χ3n) is 6.37. The van der Waals surface area contributed by atoms with Gasteiger partial charge in [-0.3, -0.25) is 9.59 Å². The number of esters is 1. The molecule has 1 aliphatic heterocycles. The SMILES string of the molecule is CCOC(=O)c1c(NC(=O)C(C)Sc2cccc(NC(=O)c3ccc(Cl)cc3Cl)c2)sc2c1CCN(C(=O)OC(C)(C)C)C2. The fraction of sp³-hybridized carbons (Fsp3) is 0.355. The van der Waals surface area contributed by atoms with Crippen LogP contribution < -0.4 is 10.6 Å². The fourth-order valence-electron chi connectivity index (χ4n) is 4.38. The van der Waals surface area contributed by atoms with Gasteiger partial charge in [0.15, 0.2) is 0 Å². The number of ether oxygens (including phenoxy) is 2. The Kier molecular flexibility index (Phi) is 10.9. The lowest BCUT2D eigenvalue weighted by Gasteiger charge is -2.30. The van der Waals surface area contributed by atoms with E-state index in [2.05, 4.69) is 10.6 Å². The normalized spacial score (nSPS) is 13.5. The number of hydrogen-bond acceptors (Lipinski definition) is 8. The zero-order valence-electron chi connectivity index (χ0n) is 24.9. The van der Waals surface area contributed by atoms with Crippen LogP contribution in [0.5, 0.6) is 0 Å². The quantitative estimate of drug-likeness (QED) is 0.184. The third kappa shape index (κ3) is 8.47. The number of nitrogens with one attached hydrogen (secondary N) is 2. The minimum absolute atomic E-state index is 0.185. The molecule has 0 radical (unpaired) electrons. The maximum absolute atomic E-state index is 13.3. The van der Waals surface area contributed by atoms with Gasteiger partial charge in [-0.2, -0.15) is 0 Å². The molecule has 3 amide bonds. The molecule has 0 saturated heterocycles. The molecule has 2 aromatic carbocycles. The Morgan fingerprint density at radius 2 is 1.84 bits per heavy atom. The van der Waals surface area contributed by atoms with Gasteiger partial charge in [0, 0.05) is 27.0 Å². The minimum atomic E-state index is -0.634. The van der Waals surface area contributed by atoms with Gasteiger partial charge in [0.1, 0.15) is 10.6 Å². The average Bonchev–Trinajstić information content (AvgIpc) is 3.29. The Bertz CT molecular complexity index is 1590. The predicted octanol–water partition coefficient (Wildman–Crippen LogP) is 7.90. The zero-order chi connectivity index (χ0) is 32.2. The third-order valence-corrected chi connectivity index (χ3v) is 9.15. The van der Waals surface area contributed by atoms with Crippen molar-refractivity contribution in [3.63, 3.8) is 0 Å². The Labute approximate surface area is 274 Å². The number of benzene rings is 2. The van der Waals surface area contributed by atoms with E-state index in [4.69, 9.17) is 32.7 Å². The maximum atomic E-state index is 13.3. The summed E-state index contributed by atoms with van der Waals surface area (Å²) in [5, 5.41) is 6.23. The molecule has 1 aliphatic rings. The second kappa shape index (κ2) is 14.2. The molecular weight excluding hydrogens is 645 g/mol. The number of anilines is 2. The molecule has 2 heterocycles. The molecule has 4 rings (SSSR count). The van der Waals surface area contributed by atoms with Crippen molar-refractivity contribution in [2.75, 3.05) is 23.8 Å². The molecule has 0 saturated carbocycles. The number of thiophene rings is 1. The molecule has 1 unspecified atom stereocenters. The molecule has 0 bridgehead atoms. The lowest BCUT2D eigenvalue weighted by Crippen LogP contribution is -2.39. The van der Waals surface area contributed by atoms with Gasteiger partial charge in [0.25, 0.3) is 5.91 Å². The first-order chi connectivity index (χ1) is 20.8. The largest absolute Gasteiger partial charge is 0.462 e. The number of hydrogen-bond donors (Lipinski definition) is 2. The van der Waals surface area contributed by atoms with Crippen LogP contribution >= 0.6 is 46.3 Å². The number of amides is 3. The minimum Gasteiger partial charge on any atom is -0.462 e. The zero-order valence-corrected chi connectivity index (χ0v) is 28.1. The number of halogens is 2. The number of rotatable bonds is 8. The molecule has 1 aromatic heterocycles. The average molecular weight is 679 g/mol. The number of fused-ring (bicyclic) bond motifs is 1. The molecule has 1 atom stereocenters. The van der Waals surface area contributed by atoms with Gasteiger partial charge in [-0.1, -0.05) is 29.3 Å². The Morgan fingerprint density at radius 3 is 2.52 bits per heavy atom. The molecule has 9 nitrogen and oxygen atoms in total. The van der Waals surface area contributed by atoms with Gasteiger partial charge in [-0.25, -0.2) is 9.59 Å². The van der Waals surface area contributed by atoms with Crippen molar-refractivity contribution in [2.24, 2.45) is 0 Å². The first-order valence-electron chi connectivity index (χ1n) is 13.9. The number of nitrogens with zero attached hydrogens (tertiary/aromatic N) is 1. The van der Waals surface area contributed by atoms with E-state index in [-0.39, 0.29) is 29.6 Å². The highest BCUT2D eigenvalue weighted by Gasteiger charge is 2.33. The van der Waals surface area contributed by atoms with Crippen molar-refractivity contribution in [2.45, 2.75) is 63.3 Å². The van der Waals surface area contributed by atoms with Crippen LogP contribution in [-0.4, -0.2) is 52.8 Å². The molecule has 3 aromatic rings. The van der Waals surface area contributed by atoms with Crippen LogP contribution in [-0.2, 0) is 27.2 Å². The van der Waals surface area contributed by atoms with Crippen LogP contribution in [0.15, 0.2) is 47.4 Å². The van der Waals surface area contributed by atoms with E-state index in [1.54, 1.807) is 69.9 Å². The summed E-state index contributed by atoms with van der Waals surface area (Å²) in [5.74, 6) is -1.22. The second-order valence-electron chi connectivity index (χ2n) is 10.9. The number of thioether (sulfide) groups is 1. The molecular formula is C31H33Cl2N3O6S2. The fourth-order valence-corrected chi connectivity index (χ4v) is 7.06. The van der Waals surface area contributed by atoms with Crippen LogP contribution in [0.1, 0.15) is 65.8 Å². The van der Waals surface area contributed by atoms with E-state index in [0.29, 0.717) is 34.2 Å². The van der Waals surface area contributed by atoms with Crippen LogP contribution in [0.4, 0.5) is 15.5 Å². The standard InChI is InChI=1S/C31H33Cl2N3O6S2/c1-6-41-29(39)25-22-12-13-36(30(40)42-31(3,4)5)16-24(22)44-28(25)35-26(37)17(2)43-20-9-7-8-19(15-20)34-27(38)21-11-10-18(32)14-23(21)33/h7-11,14-15,17H,6,12-13,16H2,1-5H3,(H,34,38)(H,35,37). The van der Waals surface area contributed by atoms with Gasteiger partial charge in [0.2, 0.25) is 5.91 Å². The van der Waals surface area contributed by atoms with Gasteiger partial charge < -0.3 is 25.0 Å². The van der Waals surface area contributed by atoms with Crippen LogP contribution in [0.3, 0.4) is 0 Å². The highest BCUT2D eigenvalue weighted by Crippen LogP contribution is 2.39. The molecule has 13 heteroatoms. The predicted molar refractivity (Wildman–Crippen MR) is 175 cm³/mol. The summed E-state index contributed by atoms with van der Waals surface area (Å²) >= 11 is 14.7. The van der Waals surface area contributed by atoms with Crippen molar-refractivity contribution in [1.29, 1.82) is 0 Å². The van der Waals surface area contributed by atoms with E-state index in [1.807, 2.05) is 6.07 Å². The molecule has 0 spiro atoms. The van der Waals surface area contributed by atoms with Crippen molar-refractivity contribution in [3.05, 3.63) is 74.1 Å². The highest BCUT2D eigenvalue weighted by atomic mass is 35.5. The first kappa shape index (κ1) is 33.6. The van der Waals surface area contributed by atoms with E-state index >= 15 is 0 Å². The number of carbonyl (C=O) groups is 4. The Hall–Kier alpha value is -3.25. The van der Waals surface area contributed by atoms with Gasteiger partial charge in [0.05, 0.1) is 34.6 Å². The van der Waals surface area contributed by atoms with E-state index in [1.165, 1.54) is 29.2 Å². The van der Waals surface area contributed by atoms with Gasteiger partial charge in [-0.15, -0.1) is 23.1 Å². The van der Waals surface area contributed by atoms with Crippen molar-refractivity contribution >= 4 is 80.9 Å². The molecule has 0 aliphatic carbocycles. The van der Waals surface area contributed by atoms with E-state index in [0.717, 1.165) is 15.3 Å². The Balaban J connectivity index is 1.47. The van der Waals surface area contributed by atoms with Gasteiger partial charge >= 0.3 is 12.1 Å². The monoisotopic (exact) mass is 677 g/mol. The molecule has 234 valence electrons. The van der Waals surface area contributed by atoms with E-state index in [9.17, 15) is 19.2 Å². The second-order valence-corrected chi connectivity index (χ2v) is 14.3. The van der Waals surface area contributed by atoms with Crippen molar-refractivity contribution < 1.29 is 28.7 Å². The molecule has 2 N–H and O–H groups in total. The summed E-state index contributed by atoms with van der Waals surface area (Å²) in [5.41, 5.74) is 1.28. The maximum Gasteiger partial charge on any atom is 0.410 e. The summed E-state index contributed by atoms with van der Waals surface area (Å²) in [6, 6.07) is 11.7. The summed E-state index contributed by atoms with van der Waals surface area (Å²) < 4.78 is 10.8. The lowest BCUT2D eigenvalue weighted by atomic mass is 10.0. The van der Waals surface area contributed by atoms with Crippen LogP contribution in [0.25, 0.3) is 0 Å². The summed E-state index contributed by atoms with van der Waals surface area (Å²) in [6.07, 6.45) is -0.00129. The van der Waals surface area contributed by atoms with Crippen molar-refractivity contribution in [3.8, 4) is 0 Å². The number of carbonyl (C=O) groups excluding carboxylic acids is 4.